The zero-order valence-electron chi connectivity index (χ0n) is 11.1. The molecule has 106 valence electrons. The maximum Gasteiger partial charge on any atom is 0.189 e. The van der Waals surface area contributed by atoms with E-state index in [2.05, 4.69) is 15.5 Å². The molecule has 2 aromatic carbocycles. The molecule has 2 N–H and O–H groups in total. The van der Waals surface area contributed by atoms with Crippen LogP contribution in [-0.4, -0.2) is 20.2 Å². The van der Waals surface area contributed by atoms with Crippen molar-refractivity contribution >= 4 is 17.3 Å². The molecule has 0 saturated carbocycles. The third-order valence-electron chi connectivity index (χ3n) is 3.14. The number of aryl methyl sites for hydroxylation is 1. The summed E-state index contributed by atoms with van der Waals surface area (Å²) in [5.41, 5.74) is 8.32. The molecule has 0 spiro atoms. The van der Waals surface area contributed by atoms with Gasteiger partial charge in [-0.05, 0) is 47.2 Å². The van der Waals surface area contributed by atoms with Crippen molar-refractivity contribution in [2.45, 2.75) is 6.92 Å². The van der Waals surface area contributed by atoms with Crippen molar-refractivity contribution in [1.82, 2.24) is 20.2 Å². The van der Waals surface area contributed by atoms with Gasteiger partial charge < -0.3 is 5.73 Å². The lowest BCUT2D eigenvalue weighted by Gasteiger charge is -2.10. The number of benzene rings is 2. The van der Waals surface area contributed by atoms with Crippen LogP contribution in [0.3, 0.4) is 0 Å². The zero-order chi connectivity index (χ0) is 15.0. The van der Waals surface area contributed by atoms with Gasteiger partial charge in [-0.2, -0.15) is 4.68 Å². The molecule has 0 amide bonds. The van der Waals surface area contributed by atoms with Gasteiger partial charge in [0.15, 0.2) is 5.82 Å². The third kappa shape index (κ3) is 2.34. The SMILES string of the molecule is Cc1cccc(N)c1-c1nnnn1-c1ccc(Cl)cc1F. The van der Waals surface area contributed by atoms with Crippen LogP contribution in [0.25, 0.3) is 17.1 Å². The summed E-state index contributed by atoms with van der Waals surface area (Å²) in [5, 5.41) is 11.8. The van der Waals surface area contributed by atoms with Crippen LogP contribution in [0.15, 0.2) is 36.4 Å². The van der Waals surface area contributed by atoms with E-state index >= 15 is 0 Å². The summed E-state index contributed by atoms with van der Waals surface area (Å²) >= 11 is 5.76. The smallest absolute Gasteiger partial charge is 0.189 e. The number of halogens is 2. The fourth-order valence-corrected chi connectivity index (χ4v) is 2.31. The average molecular weight is 304 g/mol. The number of hydrogen-bond acceptors (Lipinski definition) is 4. The second-order valence-corrected chi connectivity index (χ2v) is 4.99. The predicted octanol–water partition coefficient (Wildman–Crippen LogP) is 3.01. The quantitative estimate of drug-likeness (QED) is 0.739. The van der Waals surface area contributed by atoms with Crippen LogP contribution in [-0.2, 0) is 0 Å². The molecular formula is C14H11ClFN5. The topological polar surface area (TPSA) is 69.6 Å². The van der Waals surface area contributed by atoms with Crippen LogP contribution in [0.4, 0.5) is 10.1 Å². The highest BCUT2D eigenvalue weighted by Crippen LogP contribution is 2.29. The molecule has 1 aromatic heterocycles. The van der Waals surface area contributed by atoms with E-state index < -0.39 is 5.82 Å². The van der Waals surface area contributed by atoms with Crippen molar-refractivity contribution in [3.8, 4) is 17.1 Å². The molecule has 0 radical (unpaired) electrons. The lowest BCUT2D eigenvalue weighted by atomic mass is 10.1. The van der Waals surface area contributed by atoms with Gasteiger partial charge in [0.1, 0.15) is 11.5 Å². The van der Waals surface area contributed by atoms with E-state index in [-0.39, 0.29) is 5.69 Å². The molecular weight excluding hydrogens is 293 g/mol. The number of tetrazole rings is 1. The first-order valence-corrected chi connectivity index (χ1v) is 6.55. The first-order valence-electron chi connectivity index (χ1n) is 6.17. The number of rotatable bonds is 2. The Labute approximate surface area is 125 Å². The first-order chi connectivity index (χ1) is 10.1. The molecule has 0 aliphatic carbocycles. The van der Waals surface area contributed by atoms with E-state index in [0.29, 0.717) is 22.1 Å². The van der Waals surface area contributed by atoms with Crippen LogP contribution in [0.1, 0.15) is 5.56 Å². The second kappa shape index (κ2) is 5.14. The lowest BCUT2D eigenvalue weighted by Crippen LogP contribution is -2.05. The van der Waals surface area contributed by atoms with Crippen molar-refractivity contribution in [3.05, 3.63) is 52.8 Å². The summed E-state index contributed by atoms with van der Waals surface area (Å²) in [5.74, 6) is -0.130. The van der Waals surface area contributed by atoms with E-state index in [1.807, 2.05) is 19.1 Å². The Kier molecular flexibility index (Phi) is 3.31. The number of nitrogens with two attached hydrogens (primary N) is 1. The molecule has 1 heterocycles. The Hall–Kier alpha value is -2.47. The molecule has 0 aliphatic rings. The molecule has 0 aliphatic heterocycles. The van der Waals surface area contributed by atoms with Gasteiger partial charge in [0, 0.05) is 16.3 Å². The minimum Gasteiger partial charge on any atom is -0.398 e. The van der Waals surface area contributed by atoms with Crippen molar-refractivity contribution in [2.24, 2.45) is 0 Å². The summed E-state index contributed by atoms with van der Waals surface area (Å²) in [7, 11) is 0. The van der Waals surface area contributed by atoms with Crippen molar-refractivity contribution in [1.29, 1.82) is 0 Å². The van der Waals surface area contributed by atoms with Crippen LogP contribution < -0.4 is 5.73 Å². The van der Waals surface area contributed by atoms with Gasteiger partial charge in [-0.25, -0.2) is 4.39 Å². The van der Waals surface area contributed by atoms with Gasteiger partial charge in [0.05, 0.1) is 0 Å². The maximum atomic E-state index is 14.1. The van der Waals surface area contributed by atoms with E-state index in [1.165, 1.54) is 16.8 Å². The molecule has 0 fully saturated rings. The van der Waals surface area contributed by atoms with Crippen LogP contribution in [0.2, 0.25) is 5.02 Å². The normalized spacial score (nSPS) is 10.8. The molecule has 0 bridgehead atoms. The minimum absolute atomic E-state index is 0.210. The van der Waals surface area contributed by atoms with E-state index in [9.17, 15) is 4.39 Å². The Bertz CT molecular complexity index is 795. The van der Waals surface area contributed by atoms with E-state index in [1.54, 1.807) is 12.1 Å². The standard InChI is InChI=1S/C14H11ClFN5/c1-8-3-2-4-11(17)13(8)14-18-19-20-21(14)12-6-5-9(15)7-10(12)16/h2-7H,17H2,1H3. The highest BCUT2D eigenvalue weighted by molar-refractivity contribution is 6.30. The predicted molar refractivity (Wildman–Crippen MR) is 78.7 cm³/mol. The van der Waals surface area contributed by atoms with Gasteiger partial charge in [0.25, 0.3) is 0 Å². The van der Waals surface area contributed by atoms with E-state index in [0.717, 1.165) is 5.56 Å². The average Bonchev–Trinajstić information content (AvgIpc) is 2.87. The molecule has 0 unspecified atom stereocenters. The molecule has 0 atom stereocenters. The molecule has 21 heavy (non-hydrogen) atoms. The largest absolute Gasteiger partial charge is 0.398 e. The fraction of sp³-hybridized carbons (Fsp3) is 0.0714. The summed E-state index contributed by atoms with van der Waals surface area (Å²) in [6.07, 6.45) is 0. The summed E-state index contributed by atoms with van der Waals surface area (Å²) in [4.78, 5) is 0. The molecule has 3 rings (SSSR count). The summed E-state index contributed by atoms with van der Waals surface area (Å²) < 4.78 is 15.4. The fourth-order valence-electron chi connectivity index (χ4n) is 2.15. The summed E-state index contributed by atoms with van der Waals surface area (Å²) in [6, 6.07) is 9.79. The highest BCUT2D eigenvalue weighted by atomic mass is 35.5. The van der Waals surface area contributed by atoms with Gasteiger partial charge in [-0.1, -0.05) is 23.7 Å². The Morgan fingerprint density at radius 3 is 2.76 bits per heavy atom. The number of nitrogen functional groups attached to an aromatic ring is 1. The van der Waals surface area contributed by atoms with Crippen LogP contribution in [0, 0.1) is 12.7 Å². The van der Waals surface area contributed by atoms with Crippen molar-refractivity contribution < 1.29 is 4.39 Å². The number of nitrogens with zero attached hydrogens (tertiary/aromatic N) is 4. The van der Waals surface area contributed by atoms with Gasteiger partial charge in [-0.3, -0.25) is 0 Å². The number of anilines is 1. The molecule has 5 nitrogen and oxygen atoms in total. The molecule has 0 saturated heterocycles. The van der Waals surface area contributed by atoms with Gasteiger partial charge in [-0.15, -0.1) is 5.10 Å². The van der Waals surface area contributed by atoms with Gasteiger partial charge in [0.2, 0.25) is 0 Å². The zero-order valence-corrected chi connectivity index (χ0v) is 11.8. The van der Waals surface area contributed by atoms with E-state index in [4.69, 9.17) is 17.3 Å². The highest BCUT2D eigenvalue weighted by Gasteiger charge is 2.17. The second-order valence-electron chi connectivity index (χ2n) is 4.55. The Morgan fingerprint density at radius 1 is 1.24 bits per heavy atom. The molecule has 3 aromatic rings. The van der Waals surface area contributed by atoms with Crippen molar-refractivity contribution in [3.63, 3.8) is 0 Å². The number of aromatic nitrogens is 4. The third-order valence-corrected chi connectivity index (χ3v) is 3.37. The number of hydrogen-bond donors (Lipinski definition) is 1. The van der Waals surface area contributed by atoms with Crippen LogP contribution in [0.5, 0.6) is 0 Å². The van der Waals surface area contributed by atoms with Gasteiger partial charge >= 0.3 is 0 Å². The summed E-state index contributed by atoms with van der Waals surface area (Å²) in [6.45, 7) is 1.89. The maximum absolute atomic E-state index is 14.1. The minimum atomic E-state index is -0.511. The lowest BCUT2D eigenvalue weighted by molar-refractivity contribution is 0.608. The Morgan fingerprint density at radius 2 is 2.05 bits per heavy atom. The van der Waals surface area contributed by atoms with Crippen molar-refractivity contribution in [2.75, 3.05) is 5.73 Å². The Balaban J connectivity index is 2.22. The first kappa shape index (κ1) is 13.5. The monoisotopic (exact) mass is 303 g/mol. The molecule has 7 heteroatoms. The van der Waals surface area contributed by atoms with Crippen LogP contribution >= 0.6 is 11.6 Å².